The lowest BCUT2D eigenvalue weighted by molar-refractivity contribution is -0.137. The Kier molecular flexibility index (Phi) is 6.02. The van der Waals surface area contributed by atoms with Crippen LogP contribution in [0.4, 0.5) is 0 Å². The molecule has 0 aliphatic rings. The molecular formula is C14H20N2O3. The first kappa shape index (κ1) is 15.2. The van der Waals surface area contributed by atoms with Gasteiger partial charge in [0, 0.05) is 12.5 Å². The van der Waals surface area contributed by atoms with Crippen molar-refractivity contribution in [2.75, 3.05) is 0 Å². The van der Waals surface area contributed by atoms with Gasteiger partial charge in [0.25, 0.3) is 0 Å². The number of hydrogen-bond donors (Lipinski definition) is 3. The number of hydrogen-bond acceptors (Lipinski definition) is 3. The van der Waals surface area contributed by atoms with Crippen molar-refractivity contribution in [3.63, 3.8) is 0 Å². The van der Waals surface area contributed by atoms with E-state index in [-0.39, 0.29) is 18.4 Å². The number of amides is 1. The fraction of sp³-hybridized carbons (Fsp3) is 0.429. The van der Waals surface area contributed by atoms with Gasteiger partial charge in [0.15, 0.2) is 0 Å². The molecule has 2 atom stereocenters. The van der Waals surface area contributed by atoms with E-state index < -0.39 is 12.0 Å². The van der Waals surface area contributed by atoms with E-state index in [1.807, 2.05) is 25.1 Å². The number of rotatable bonds is 7. The predicted molar refractivity (Wildman–Crippen MR) is 72.5 cm³/mol. The van der Waals surface area contributed by atoms with Crippen molar-refractivity contribution < 1.29 is 14.7 Å². The van der Waals surface area contributed by atoms with Crippen molar-refractivity contribution in [2.24, 2.45) is 5.73 Å². The second-order valence-corrected chi connectivity index (χ2v) is 4.58. The van der Waals surface area contributed by atoms with Gasteiger partial charge in [-0.2, -0.15) is 0 Å². The molecule has 0 bridgehead atoms. The van der Waals surface area contributed by atoms with Crippen LogP contribution in [0.15, 0.2) is 30.3 Å². The third-order valence-electron chi connectivity index (χ3n) is 2.86. The van der Waals surface area contributed by atoms with Gasteiger partial charge in [0.1, 0.15) is 6.04 Å². The Balaban J connectivity index is 2.39. The van der Waals surface area contributed by atoms with Crippen molar-refractivity contribution in [3.05, 3.63) is 35.9 Å². The molecule has 5 nitrogen and oxygen atoms in total. The minimum atomic E-state index is -0.820. The summed E-state index contributed by atoms with van der Waals surface area (Å²) in [6.45, 7) is 1.84. The van der Waals surface area contributed by atoms with Crippen LogP contribution in [-0.4, -0.2) is 23.0 Å². The van der Waals surface area contributed by atoms with Gasteiger partial charge < -0.3 is 16.2 Å². The summed E-state index contributed by atoms with van der Waals surface area (Å²) in [5.41, 5.74) is 6.62. The summed E-state index contributed by atoms with van der Waals surface area (Å²) in [5.74, 6) is -1.06. The molecule has 2 unspecified atom stereocenters. The number of nitrogens with two attached hydrogens (primary N) is 1. The molecule has 0 fully saturated rings. The monoisotopic (exact) mass is 264 g/mol. The van der Waals surface area contributed by atoms with Crippen molar-refractivity contribution in [3.8, 4) is 0 Å². The molecule has 1 rings (SSSR count). The molecular weight excluding hydrogens is 244 g/mol. The van der Waals surface area contributed by atoms with Crippen LogP contribution in [0.3, 0.4) is 0 Å². The normalized spacial score (nSPS) is 13.6. The minimum Gasteiger partial charge on any atom is -0.481 e. The Morgan fingerprint density at radius 1 is 1.32 bits per heavy atom. The van der Waals surface area contributed by atoms with Crippen LogP contribution >= 0.6 is 0 Å². The predicted octanol–water partition coefficient (Wildman–Crippen LogP) is 1.45. The van der Waals surface area contributed by atoms with Crippen LogP contribution in [0, 0.1) is 0 Å². The molecule has 1 amide bonds. The van der Waals surface area contributed by atoms with E-state index in [4.69, 9.17) is 10.8 Å². The highest BCUT2D eigenvalue weighted by Crippen LogP contribution is 2.10. The summed E-state index contributed by atoms with van der Waals surface area (Å²) in [6, 6.07) is 8.36. The molecule has 0 heterocycles. The van der Waals surface area contributed by atoms with E-state index in [1.165, 1.54) is 0 Å². The smallest absolute Gasteiger partial charge is 0.303 e. The van der Waals surface area contributed by atoms with Gasteiger partial charge in [-0.05, 0) is 25.3 Å². The van der Waals surface area contributed by atoms with Crippen molar-refractivity contribution in [2.45, 2.75) is 38.3 Å². The van der Waals surface area contributed by atoms with Crippen molar-refractivity contribution >= 4 is 11.9 Å². The van der Waals surface area contributed by atoms with Gasteiger partial charge in [-0.25, -0.2) is 0 Å². The first-order chi connectivity index (χ1) is 9.00. The molecule has 4 N–H and O–H groups in total. The van der Waals surface area contributed by atoms with E-state index in [0.717, 1.165) is 5.56 Å². The number of carbonyl (C=O) groups excluding carboxylic acids is 1. The molecule has 0 radical (unpaired) electrons. The number of benzene rings is 1. The third kappa shape index (κ3) is 5.52. The zero-order chi connectivity index (χ0) is 14.3. The summed E-state index contributed by atoms with van der Waals surface area (Å²) in [4.78, 5) is 22.3. The Bertz CT molecular complexity index is 420. The number of carbonyl (C=O) groups is 2. The van der Waals surface area contributed by atoms with E-state index in [9.17, 15) is 9.59 Å². The lowest BCUT2D eigenvalue weighted by Crippen LogP contribution is -2.39. The zero-order valence-corrected chi connectivity index (χ0v) is 11.0. The van der Waals surface area contributed by atoms with Crippen LogP contribution < -0.4 is 11.1 Å². The topological polar surface area (TPSA) is 92.4 Å². The summed E-state index contributed by atoms with van der Waals surface area (Å²) in [7, 11) is 0. The molecule has 0 saturated carbocycles. The van der Waals surface area contributed by atoms with Gasteiger partial charge in [0.2, 0.25) is 5.91 Å². The largest absolute Gasteiger partial charge is 0.481 e. The van der Waals surface area contributed by atoms with Crippen LogP contribution in [0.5, 0.6) is 0 Å². The minimum absolute atomic E-state index is 0.0818. The first-order valence-corrected chi connectivity index (χ1v) is 6.33. The van der Waals surface area contributed by atoms with E-state index >= 15 is 0 Å². The van der Waals surface area contributed by atoms with Gasteiger partial charge in [-0.1, -0.05) is 30.3 Å². The van der Waals surface area contributed by atoms with E-state index in [2.05, 4.69) is 5.32 Å². The van der Waals surface area contributed by atoms with Gasteiger partial charge in [0.05, 0.1) is 0 Å². The third-order valence-corrected chi connectivity index (χ3v) is 2.86. The van der Waals surface area contributed by atoms with Crippen LogP contribution in [0.1, 0.15) is 37.8 Å². The number of carboxylic acids is 1. The van der Waals surface area contributed by atoms with E-state index in [1.54, 1.807) is 12.1 Å². The summed E-state index contributed by atoms with van der Waals surface area (Å²) in [6.07, 6.45) is 1.28. The molecule has 0 saturated heterocycles. The van der Waals surface area contributed by atoms with Crippen molar-refractivity contribution in [1.29, 1.82) is 0 Å². The maximum Gasteiger partial charge on any atom is 0.303 e. The molecule has 104 valence electrons. The molecule has 0 aromatic heterocycles. The summed E-state index contributed by atoms with van der Waals surface area (Å²) < 4.78 is 0. The molecule has 0 aliphatic heterocycles. The second-order valence-electron chi connectivity index (χ2n) is 4.58. The highest BCUT2D eigenvalue weighted by molar-refractivity contribution is 5.83. The maximum atomic E-state index is 11.9. The molecule has 0 aliphatic carbocycles. The summed E-state index contributed by atoms with van der Waals surface area (Å²) >= 11 is 0. The van der Waals surface area contributed by atoms with Crippen molar-refractivity contribution in [1.82, 2.24) is 5.32 Å². The van der Waals surface area contributed by atoms with Crippen LogP contribution in [-0.2, 0) is 9.59 Å². The fourth-order valence-electron chi connectivity index (χ4n) is 1.78. The Labute approximate surface area is 112 Å². The molecule has 0 spiro atoms. The van der Waals surface area contributed by atoms with Gasteiger partial charge in [-0.3, -0.25) is 9.59 Å². The lowest BCUT2D eigenvalue weighted by Gasteiger charge is -2.17. The first-order valence-electron chi connectivity index (χ1n) is 6.33. The maximum absolute atomic E-state index is 11.9. The fourth-order valence-corrected chi connectivity index (χ4v) is 1.78. The molecule has 5 heteroatoms. The highest BCUT2D eigenvalue weighted by atomic mass is 16.4. The average Bonchev–Trinajstić information content (AvgIpc) is 2.38. The Hall–Kier alpha value is -1.88. The van der Waals surface area contributed by atoms with Crippen LogP contribution in [0.25, 0.3) is 0 Å². The quantitative estimate of drug-likeness (QED) is 0.695. The van der Waals surface area contributed by atoms with Gasteiger partial charge in [-0.15, -0.1) is 0 Å². The number of nitrogens with one attached hydrogen (secondary N) is 1. The molecule has 1 aromatic carbocycles. The van der Waals surface area contributed by atoms with E-state index in [0.29, 0.717) is 12.8 Å². The highest BCUT2D eigenvalue weighted by Gasteiger charge is 2.17. The van der Waals surface area contributed by atoms with Gasteiger partial charge >= 0.3 is 5.97 Å². The Morgan fingerprint density at radius 3 is 2.53 bits per heavy atom. The zero-order valence-electron chi connectivity index (χ0n) is 11.0. The second kappa shape index (κ2) is 7.53. The Morgan fingerprint density at radius 2 is 1.95 bits per heavy atom. The summed E-state index contributed by atoms with van der Waals surface area (Å²) in [5, 5.41) is 11.3. The lowest BCUT2D eigenvalue weighted by atomic mass is 10.1. The molecule has 1 aromatic rings. The number of carboxylic acid groups (broad SMARTS) is 1. The van der Waals surface area contributed by atoms with Crippen LogP contribution in [0.2, 0.25) is 0 Å². The molecule has 19 heavy (non-hydrogen) atoms. The SMILES string of the molecule is CC(CCCC(=O)O)NC(=O)C(N)c1ccccc1. The standard InChI is InChI=1S/C14H20N2O3/c1-10(6-5-9-12(17)18)16-14(19)13(15)11-7-3-2-4-8-11/h2-4,7-8,10,13H,5-6,9,15H2,1H3,(H,16,19)(H,17,18). The average molecular weight is 264 g/mol. The number of aliphatic carboxylic acids is 1.